The van der Waals surface area contributed by atoms with Gasteiger partial charge in [0.15, 0.2) is 5.58 Å². The van der Waals surface area contributed by atoms with E-state index in [2.05, 4.69) is 15.9 Å². The van der Waals surface area contributed by atoms with Crippen LogP contribution in [-0.2, 0) is 4.74 Å². The smallest absolute Gasteiger partial charge is 0.361 e. The van der Waals surface area contributed by atoms with Gasteiger partial charge >= 0.3 is 11.6 Å². The molecular formula is C19H11BrFNO4. The summed E-state index contributed by atoms with van der Waals surface area (Å²) in [4.78, 5) is 24.9. The molecule has 0 aliphatic carbocycles. The largest absolute Gasteiger partial charge is 0.465 e. The van der Waals surface area contributed by atoms with Gasteiger partial charge in [-0.15, -0.1) is 0 Å². The molecule has 0 aliphatic heterocycles. The van der Waals surface area contributed by atoms with Crippen molar-refractivity contribution < 1.29 is 18.3 Å². The summed E-state index contributed by atoms with van der Waals surface area (Å²) in [7, 11) is 1.20. The van der Waals surface area contributed by atoms with Crippen LogP contribution in [0.2, 0.25) is 0 Å². The number of fused-ring (bicyclic) bond motifs is 3. The molecule has 0 atom stereocenters. The number of rotatable bonds is 2. The van der Waals surface area contributed by atoms with Crippen LogP contribution >= 0.6 is 15.9 Å². The molecule has 0 amide bonds. The lowest BCUT2D eigenvalue weighted by atomic mass is 10.0. The number of hydrogen-bond donors (Lipinski definition) is 0. The summed E-state index contributed by atoms with van der Waals surface area (Å²) in [5.74, 6) is -1.27. The minimum absolute atomic E-state index is 0.00456. The molecule has 2 heterocycles. The number of hydrogen-bond acceptors (Lipinski definition) is 4. The van der Waals surface area contributed by atoms with Crippen LogP contribution in [0.5, 0.6) is 0 Å². The lowest BCUT2D eigenvalue weighted by molar-refractivity contribution is 0.0603. The van der Waals surface area contributed by atoms with Crippen LogP contribution in [0.15, 0.2) is 62.3 Å². The van der Waals surface area contributed by atoms with Crippen LogP contribution in [0.4, 0.5) is 4.39 Å². The van der Waals surface area contributed by atoms with Gasteiger partial charge in [0.1, 0.15) is 16.9 Å². The number of aromatic nitrogens is 1. The van der Waals surface area contributed by atoms with Crippen molar-refractivity contribution in [1.29, 1.82) is 0 Å². The molecule has 0 bridgehead atoms. The number of carbonyl (C=O) groups is 1. The highest BCUT2D eigenvalue weighted by Crippen LogP contribution is 2.33. The Morgan fingerprint density at radius 3 is 2.73 bits per heavy atom. The molecule has 0 N–H and O–H groups in total. The highest BCUT2D eigenvalue weighted by atomic mass is 79.9. The topological polar surface area (TPSA) is 60.9 Å². The van der Waals surface area contributed by atoms with Crippen LogP contribution in [0.1, 0.15) is 10.4 Å². The van der Waals surface area contributed by atoms with Gasteiger partial charge in [-0.3, -0.25) is 0 Å². The Hall–Kier alpha value is -2.93. The molecule has 7 heteroatoms. The van der Waals surface area contributed by atoms with E-state index in [1.54, 1.807) is 42.6 Å². The van der Waals surface area contributed by atoms with Gasteiger partial charge in [0.05, 0.1) is 12.6 Å². The molecule has 0 fully saturated rings. The van der Waals surface area contributed by atoms with Crippen LogP contribution in [-0.4, -0.2) is 17.5 Å². The quantitative estimate of drug-likeness (QED) is 0.455. The number of esters is 1. The monoisotopic (exact) mass is 415 g/mol. The van der Waals surface area contributed by atoms with Gasteiger partial charge in [0.25, 0.3) is 0 Å². The Balaban J connectivity index is 2.21. The van der Waals surface area contributed by atoms with Crippen LogP contribution in [0.25, 0.3) is 27.7 Å². The molecule has 0 radical (unpaired) electrons. The highest BCUT2D eigenvalue weighted by Gasteiger charge is 2.25. The third-order valence-corrected chi connectivity index (χ3v) is 4.63. The average molecular weight is 416 g/mol. The fourth-order valence-electron chi connectivity index (χ4n) is 3.00. The molecule has 5 nitrogen and oxygen atoms in total. The lowest BCUT2D eigenvalue weighted by Crippen LogP contribution is -2.10. The fourth-order valence-corrected chi connectivity index (χ4v) is 3.37. The molecule has 0 spiro atoms. The van der Waals surface area contributed by atoms with Crippen molar-refractivity contribution >= 4 is 38.5 Å². The van der Waals surface area contributed by atoms with Gasteiger partial charge in [-0.25, -0.2) is 14.0 Å². The molecule has 26 heavy (non-hydrogen) atoms. The number of halogens is 2. The third-order valence-electron chi connectivity index (χ3n) is 4.13. The molecule has 0 saturated carbocycles. The predicted octanol–water partition coefficient (Wildman–Crippen LogP) is 4.40. The SMILES string of the molecule is COC(=O)c1c(-c2cc(Br)ccc2F)cn2c1c(=O)oc1ccccc12. The van der Waals surface area contributed by atoms with E-state index in [4.69, 9.17) is 9.15 Å². The molecule has 0 aliphatic rings. The van der Waals surface area contributed by atoms with Crippen LogP contribution in [0, 0.1) is 5.82 Å². The fraction of sp³-hybridized carbons (Fsp3) is 0.0526. The first-order valence-electron chi connectivity index (χ1n) is 7.62. The first-order valence-corrected chi connectivity index (χ1v) is 8.41. The van der Waals surface area contributed by atoms with Crippen molar-refractivity contribution in [1.82, 2.24) is 4.40 Å². The third kappa shape index (κ3) is 2.43. The summed E-state index contributed by atoms with van der Waals surface area (Å²) < 4.78 is 26.8. The number of methoxy groups -OCH3 is 1. The number of carbonyl (C=O) groups excluding carboxylic acids is 1. The number of nitrogens with zero attached hydrogens (tertiary/aromatic N) is 1. The van der Waals surface area contributed by atoms with Crippen molar-refractivity contribution in [2.45, 2.75) is 0 Å². The summed E-state index contributed by atoms with van der Waals surface area (Å²) in [6, 6.07) is 11.3. The normalized spacial score (nSPS) is 11.2. The maximum Gasteiger partial charge on any atom is 0.361 e. The zero-order chi connectivity index (χ0) is 18.4. The minimum atomic E-state index is -0.746. The second kappa shape index (κ2) is 6.10. The summed E-state index contributed by atoms with van der Waals surface area (Å²) >= 11 is 3.30. The summed E-state index contributed by atoms with van der Waals surface area (Å²) in [6.45, 7) is 0. The summed E-state index contributed by atoms with van der Waals surface area (Å²) in [5, 5.41) is 0. The number of benzene rings is 2. The standard InChI is InChI=1S/C19H11BrFNO4/c1-25-18(23)16-12(11-8-10(20)6-7-13(11)21)9-22-14-4-2-3-5-15(14)26-19(24)17(16)22/h2-9H,1H3. The zero-order valence-corrected chi connectivity index (χ0v) is 15.0. The maximum atomic E-state index is 14.5. The van der Waals surface area contributed by atoms with Gasteiger partial charge in [0, 0.05) is 21.8 Å². The zero-order valence-electron chi connectivity index (χ0n) is 13.5. The van der Waals surface area contributed by atoms with E-state index in [-0.39, 0.29) is 22.2 Å². The molecular weight excluding hydrogens is 405 g/mol. The summed E-state index contributed by atoms with van der Waals surface area (Å²) in [6.07, 6.45) is 1.55. The second-order valence-electron chi connectivity index (χ2n) is 5.61. The number of para-hydroxylation sites is 2. The van der Waals surface area contributed by atoms with E-state index in [0.29, 0.717) is 15.6 Å². The van der Waals surface area contributed by atoms with E-state index in [9.17, 15) is 14.0 Å². The average Bonchev–Trinajstić information content (AvgIpc) is 3.04. The van der Waals surface area contributed by atoms with E-state index < -0.39 is 17.4 Å². The second-order valence-corrected chi connectivity index (χ2v) is 6.53. The van der Waals surface area contributed by atoms with Gasteiger partial charge in [-0.1, -0.05) is 28.1 Å². The molecule has 2 aromatic heterocycles. The number of ether oxygens (including phenoxy) is 1. The molecule has 2 aromatic carbocycles. The van der Waals surface area contributed by atoms with Crippen molar-refractivity contribution in [3.63, 3.8) is 0 Å². The molecule has 0 unspecified atom stereocenters. The Bertz CT molecular complexity index is 1240. The highest BCUT2D eigenvalue weighted by molar-refractivity contribution is 9.10. The van der Waals surface area contributed by atoms with Gasteiger partial charge in [-0.2, -0.15) is 0 Å². The molecule has 4 aromatic rings. The van der Waals surface area contributed by atoms with E-state index >= 15 is 0 Å². The van der Waals surface area contributed by atoms with Gasteiger partial charge in [-0.05, 0) is 30.3 Å². The van der Waals surface area contributed by atoms with E-state index in [0.717, 1.165) is 0 Å². The van der Waals surface area contributed by atoms with E-state index in [1.165, 1.54) is 17.6 Å². The van der Waals surface area contributed by atoms with E-state index in [1.807, 2.05) is 0 Å². The predicted molar refractivity (Wildman–Crippen MR) is 97.9 cm³/mol. The van der Waals surface area contributed by atoms with Crippen molar-refractivity contribution in [2.75, 3.05) is 7.11 Å². The Morgan fingerprint density at radius 1 is 1.19 bits per heavy atom. The summed E-state index contributed by atoms with van der Waals surface area (Å²) in [5.41, 5.74) is 0.623. The van der Waals surface area contributed by atoms with Crippen LogP contribution < -0.4 is 5.63 Å². The van der Waals surface area contributed by atoms with Crippen LogP contribution in [0.3, 0.4) is 0 Å². The maximum absolute atomic E-state index is 14.5. The molecule has 130 valence electrons. The van der Waals surface area contributed by atoms with Crippen molar-refractivity contribution in [2.24, 2.45) is 0 Å². The first kappa shape index (κ1) is 16.5. The van der Waals surface area contributed by atoms with Crippen molar-refractivity contribution in [3.05, 3.63) is 74.9 Å². The molecule has 0 saturated heterocycles. The Kier molecular flexibility index (Phi) is 3.88. The first-order chi connectivity index (χ1) is 12.5. The Morgan fingerprint density at radius 2 is 1.96 bits per heavy atom. The van der Waals surface area contributed by atoms with Gasteiger partial charge < -0.3 is 13.6 Å². The van der Waals surface area contributed by atoms with Crippen molar-refractivity contribution in [3.8, 4) is 11.1 Å². The van der Waals surface area contributed by atoms with Gasteiger partial charge in [0.2, 0.25) is 0 Å². The minimum Gasteiger partial charge on any atom is -0.465 e. The lowest BCUT2D eigenvalue weighted by Gasteiger charge is -2.05. The Labute approximate surface area is 154 Å². The molecule has 4 rings (SSSR count).